The summed E-state index contributed by atoms with van der Waals surface area (Å²) < 4.78 is 0. The van der Waals surface area contributed by atoms with E-state index in [-0.39, 0.29) is 11.3 Å². The molecule has 5 nitrogen and oxygen atoms in total. The molecule has 0 aliphatic carbocycles. The van der Waals surface area contributed by atoms with Gasteiger partial charge in [-0.3, -0.25) is 4.79 Å². The van der Waals surface area contributed by atoms with Crippen LogP contribution in [0.2, 0.25) is 0 Å². The zero-order chi connectivity index (χ0) is 14.4. The normalized spacial score (nSPS) is 11.9. The van der Waals surface area contributed by atoms with Gasteiger partial charge in [-0.15, -0.1) is 0 Å². The number of hydrogen-bond donors (Lipinski definition) is 3. The SMILES string of the molecule is CCCC[C@H](NC(=O)c1cc(C)ccc1O)C(=O)O. The molecule has 104 valence electrons. The number of carboxylic acids is 1. The molecule has 0 saturated carbocycles. The van der Waals surface area contributed by atoms with Gasteiger partial charge < -0.3 is 15.5 Å². The molecule has 3 N–H and O–H groups in total. The summed E-state index contributed by atoms with van der Waals surface area (Å²) in [5.74, 6) is -1.78. The van der Waals surface area contributed by atoms with Crippen molar-refractivity contribution < 1.29 is 19.8 Å². The van der Waals surface area contributed by atoms with E-state index in [1.54, 1.807) is 13.0 Å². The average molecular weight is 265 g/mol. The second-order valence-electron chi connectivity index (χ2n) is 4.53. The van der Waals surface area contributed by atoms with Gasteiger partial charge in [0.25, 0.3) is 5.91 Å². The van der Waals surface area contributed by atoms with Gasteiger partial charge in [0.15, 0.2) is 0 Å². The lowest BCUT2D eigenvalue weighted by molar-refractivity contribution is -0.139. The minimum Gasteiger partial charge on any atom is -0.507 e. The third-order valence-electron chi connectivity index (χ3n) is 2.85. The highest BCUT2D eigenvalue weighted by Gasteiger charge is 2.21. The van der Waals surface area contributed by atoms with Crippen LogP contribution in [0.4, 0.5) is 0 Å². The molecule has 1 atom stereocenters. The summed E-state index contributed by atoms with van der Waals surface area (Å²) in [4.78, 5) is 23.0. The molecule has 1 aromatic carbocycles. The van der Waals surface area contributed by atoms with Crippen LogP contribution >= 0.6 is 0 Å². The summed E-state index contributed by atoms with van der Waals surface area (Å²) in [6.45, 7) is 3.75. The Morgan fingerprint density at radius 1 is 1.37 bits per heavy atom. The van der Waals surface area contributed by atoms with Crippen molar-refractivity contribution in [3.8, 4) is 5.75 Å². The van der Waals surface area contributed by atoms with Crippen molar-refractivity contribution in [1.29, 1.82) is 0 Å². The van der Waals surface area contributed by atoms with Crippen molar-refractivity contribution >= 4 is 11.9 Å². The lowest BCUT2D eigenvalue weighted by atomic mass is 10.1. The first-order valence-electron chi connectivity index (χ1n) is 6.29. The van der Waals surface area contributed by atoms with E-state index in [9.17, 15) is 14.7 Å². The maximum Gasteiger partial charge on any atom is 0.326 e. The molecule has 1 amide bonds. The van der Waals surface area contributed by atoms with E-state index < -0.39 is 17.9 Å². The summed E-state index contributed by atoms with van der Waals surface area (Å²) >= 11 is 0. The number of phenolic OH excluding ortho intramolecular Hbond substituents is 1. The number of amides is 1. The summed E-state index contributed by atoms with van der Waals surface area (Å²) in [6, 6.07) is 3.71. The molecule has 1 aromatic rings. The quantitative estimate of drug-likeness (QED) is 0.735. The number of aliphatic carboxylic acids is 1. The number of phenols is 1. The number of unbranched alkanes of at least 4 members (excludes halogenated alkanes) is 1. The Labute approximate surface area is 112 Å². The third kappa shape index (κ3) is 4.28. The Hall–Kier alpha value is -2.04. The fourth-order valence-corrected chi connectivity index (χ4v) is 1.73. The molecule has 0 heterocycles. The minimum atomic E-state index is -1.06. The number of aromatic hydroxyl groups is 1. The van der Waals surface area contributed by atoms with E-state index in [0.717, 1.165) is 18.4 Å². The number of rotatable bonds is 6. The number of carbonyl (C=O) groups excluding carboxylic acids is 1. The van der Waals surface area contributed by atoms with Crippen molar-refractivity contribution in [1.82, 2.24) is 5.32 Å². The van der Waals surface area contributed by atoms with Crippen LogP contribution in [-0.2, 0) is 4.79 Å². The Morgan fingerprint density at radius 3 is 2.63 bits per heavy atom. The van der Waals surface area contributed by atoms with Crippen LogP contribution in [0.1, 0.15) is 42.1 Å². The molecule has 19 heavy (non-hydrogen) atoms. The van der Waals surface area contributed by atoms with Gasteiger partial charge in [0.2, 0.25) is 0 Å². The van der Waals surface area contributed by atoms with E-state index >= 15 is 0 Å². The van der Waals surface area contributed by atoms with Crippen LogP contribution < -0.4 is 5.32 Å². The van der Waals surface area contributed by atoms with Gasteiger partial charge >= 0.3 is 5.97 Å². The maximum atomic E-state index is 12.0. The highest BCUT2D eigenvalue weighted by molar-refractivity contribution is 5.98. The van der Waals surface area contributed by atoms with Crippen LogP contribution in [0.3, 0.4) is 0 Å². The largest absolute Gasteiger partial charge is 0.507 e. The molecular formula is C14H19NO4. The highest BCUT2D eigenvalue weighted by atomic mass is 16.4. The van der Waals surface area contributed by atoms with Crippen molar-refractivity contribution in [2.75, 3.05) is 0 Å². The number of carbonyl (C=O) groups is 2. The first kappa shape index (κ1) is 15.0. The zero-order valence-electron chi connectivity index (χ0n) is 11.1. The van der Waals surface area contributed by atoms with Crippen molar-refractivity contribution in [3.05, 3.63) is 29.3 Å². The second kappa shape index (κ2) is 6.78. The lowest BCUT2D eigenvalue weighted by Crippen LogP contribution is -2.40. The molecule has 0 saturated heterocycles. The molecule has 0 spiro atoms. The van der Waals surface area contributed by atoms with E-state index in [1.165, 1.54) is 12.1 Å². The maximum absolute atomic E-state index is 12.0. The number of nitrogens with one attached hydrogen (secondary N) is 1. The van der Waals surface area contributed by atoms with Gasteiger partial charge in [-0.2, -0.15) is 0 Å². The van der Waals surface area contributed by atoms with E-state index in [0.29, 0.717) is 6.42 Å². The predicted octanol–water partition coefficient (Wildman–Crippen LogP) is 2.07. The third-order valence-corrected chi connectivity index (χ3v) is 2.85. The summed E-state index contributed by atoms with van der Waals surface area (Å²) in [5.41, 5.74) is 0.922. The first-order valence-corrected chi connectivity index (χ1v) is 6.29. The predicted molar refractivity (Wildman–Crippen MR) is 71.3 cm³/mol. The van der Waals surface area contributed by atoms with Gasteiger partial charge in [0, 0.05) is 0 Å². The van der Waals surface area contributed by atoms with Gasteiger partial charge in [-0.25, -0.2) is 4.79 Å². The highest BCUT2D eigenvalue weighted by Crippen LogP contribution is 2.18. The van der Waals surface area contributed by atoms with Crippen LogP contribution in [0.15, 0.2) is 18.2 Å². The molecule has 0 radical (unpaired) electrons. The number of carboxylic acid groups (broad SMARTS) is 1. The zero-order valence-corrected chi connectivity index (χ0v) is 11.1. The van der Waals surface area contributed by atoms with Gasteiger partial charge in [0.05, 0.1) is 5.56 Å². The van der Waals surface area contributed by atoms with E-state index in [2.05, 4.69) is 5.32 Å². The Balaban J connectivity index is 2.81. The molecule has 0 aliphatic heterocycles. The Kier molecular flexibility index (Phi) is 5.36. The Morgan fingerprint density at radius 2 is 2.05 bits per heavy atom. The minimum absolute atomic E-state index is 0.0998. The molecule has 0 bridgehead atoms. The van der Waals surface area contributed by atoms with Crippen LogP contribution in [0, 0.1) is 6.92 Å². The average Bonchev–Trinajstić information content (AvgIpc) is 2.36. The van der Waals surface area contributed by atoms with Crippen molar-refractivity contribution in [3.63, 3.8) is 0 Å². The molecule has 0 aliphatic rings. The summed E-state index contributed by atoms with van der Waals surface area (Å²) in [5, 5.41) is 21.1. The van der Waals surface area contributed by atoms with Gasteiger partial charge in [-0.05, 0) is 25.5 Å². The first-order chi connectivity index (χ1) is 8.95. The molecular weight excluding hydrogens is 246 g/mol. The van der Waals surface area contributed by atoms with Crippen LogP contribution in [0.5, 0.6) is 5.75 Å². The molecule has 1 rings (SSSR count). The van der Waals surface area contributed by atoms with Crippen molar-refractivity contribution in [2.45, 2.75) is 39.2 Å². The van der Waals surface area contributed by atoms with E-state index in [1.807, 2.05) is 6.92 Å². The molecule has 0 aromatic heterocycles. The van der Waals surface area contributed by atoms with Crippen LogP contribution in [0.25, 0.3) is 0 Å². The molecule has 0 unspecified atom stereocenters. The number of benzene rings is 1. The fraction of sp³-hybridized carbons (Fsp3) is 0.429. The lowest BCUT2D eigenvalue weighted by Gasteiger charge is -2.14. The fourth-order valence-electron chi connectivity index (χ4n) is 1.73. The molecule has 0 fully saturated rings. The standard InChI is InChI=1S/C14H19NO4/c1-3-4-5-11(14(18)19)15-13(17)10-8-9(2)6-7-12(10)16/h6-8,11,16H,3-5H2,1-2H3,(H,15,17)(H,18,19)/t11-/m0/s1. The van der Waals surface area contributed by atoms with Gasteiger partial charge in [-0.1, -0.05) is 31.4 Å². The monoisotopic (exact) mass is 265 g/mol. The number of hydrogen-bond acceptors (Lipinski definition) is 3. The number of aryl methyl sites for hydroxylation is 1. The molecule has 5 heteroatoms. The smallest absolute Gasteiger partial charge is 0.326 e. The van der Waals surface area contributed by atoms with Gasteiger partial charge in [0.1, 0.15) is 11.8 Å². The second-order valence-corrected chi connectivity index (χ2v) is 4.53. The van der Waals surface area contributed by atoms with Crippen LogP contribution in [-0.4, -0.2) is 28.1 Å². The summed E-state index contributed by atoms with van der Waals surface area (Å²) in [6.07, 6.45) is 1.95. The van der Waals surface area contributed by atoms with Crippen molar-refractivity contribution in [2.24, 2.45) is 0 Å². The topological polar surface area (TPSA) is 86.6 Å². The van der Waals surface area contributed by atoms with E-state index in [4.69, 9.17) is 5.11 Å². The Bertz CT molecular complexity index is 471. The summed E-state index contributed by atoms with van der Waals surface area (Å²) in [7, 11) is 0.